The molecule has 11 heavy (non-hydrogen) atoms. The van der Waals surface area contributed by atoms with Gasteiger partial charge in [0.05, 0.1) is 0 Å². The maximum Gasteiger partial charge on any atom is 0.216 e. The highest BCUT2D eigenvalue weighted by Crippen LogP contribution is 1.90. The van der Waals surface area contributed by atoms with E-state index in [1.807, 2.05) is 6.21 Å². The summed E-state index contributed by atoms with van der Waals surface area (Å²) in [5.74, 6) is 0.0501. The maximum absolute atomic E-state index is 10.4. The SMILES string of the molecule is CC(=O)[15NH]CCCCC=N[13CH3]. The van der Waals surface area contributed by atoms with E-state index in [0.717, 1.165) is 25.8 Å². The average molecular weight is 158 g/mol. The van der Waals surface area contributed by atoms with Crippen molar-refractivity contribution in [1.29, 1.82) is 0 Å². The van der Waals surface area contributed by atoms with E-state index in [1.54, 1.807) is 7.05 Å². The fourth-order valence-electron chi connectivity index (χ4n) is 0.754. The summed E-state index contributed by atoms with van der Waals surface area (Å²) in [5.41, 5.74) is 0. The van der Waals surface area contributed by atoms with Gasteiger partial charge in [0.1, 0.15) is 0 Å². The van der Waals surface area contributed by atoms with Gasteiger partial charge in [-0.25, -0.2) is 0 Å². The lowest BCUT2D eigenvalue weighted by Crippen LogP contribution is -2.20. The Bertz CT molecular complexity index is 132. The van der Waals surface area contributed by atoms with Gasteiger partial charge < -0.3 is 10.3 Å². The van der Waals surface area contributed by atoms with Crippen LogP contribution in [0.25, 0.3) is 0 Å². The predicted molar refractivity (Wildman–Crippen MR) is 47.0 cm³/mol. The van der Waals surface area contributed by atoms with Crippen LogP contribution in [-0.4, -0.2) is 25.7 Å². The van der Waals surface area contributed by atoms with Crippen molar-refractivity contribution in [2.24, 2.45) is 4.99 Å². The van der Waals surface area contributed by atoms with Crippen LogP contribution in [0.4, 0.5) is 0 Å². The number of hydrogen-bond acceptors (Lipinski definition) is 2. The Morgan fingerprint density at radius 1 is 1.55 bits per heavy atom. The second kappa shape index (κ2) is 7.25. The van der Waals surface area contributed by atoms with E-state index >= 15 is 0 Å². The molecule has 0 aliphatic rings. The molecule has 0 aliphatic heterocycles. The molecule has 0 bridgehead atoms. The third-order valence-electron chi connectivity index (χ3n) is 1.32. The number of amides is 1. The average Bonchev–Trinajstić information content (AvgIpc) is 1.96. The Balaban J connectivity index is 2.96. The molecule has 0 spiro atoms. The molecule has 3 heteroatoms. The molecule has 0 fully saturated rings. The number of unbranched alkanes of at least 4 members (excludes halogenated alkanes) is 2. The molecule has 0 aromatic rings. The summed E-state index contributed by atoms with van der Waals surface area (Å²) < 4.78 is 0. The van der Waals surface area contributed by atoms with Gasteiger partial charge in [0.25, 0.3) is 0 Å². The van der Waals surface area contributed by atoms with Gasteiger partial charge in [-0.2, -0.15) is 0 Å². The van der Waals surface area contributed by atoms with E-state index in [-0.39, 0.29) is 5.91 Å². The molecule has 0 aromatic heterocycles. The minimum atomic E-state index is 0.0501. The predicted octanol–water partition coefficient (Wildman–Crippen LogP) is 0.993. The van der Waals surface area contributed by atoms with Crippen LogP contribution in [0.5, 0.6) is 0 Å². The zero-order chi connectivity index (χ0) is 8.53. The zero-order valence-electron chi connectivity index (χ0n) is 7.26. The molecule has 0 radical (unpaired) electrons. The maximum atomic E-state index is 10.4. The van der Waals surface area contributed by atoms with Crippen molar-refractivity contribution in [3.63, 3.8) is 0 Å². The summed E-state index contributed by atoms with van der Waals surface area (Å²) >= 11 is 0. The number of hydrogen-bond donors (Lipinski definition) is 1. The van der Waals surface area contributed by atoms with Crippen LogP contribution in [-0.2, 0) is 4.79 Å². The lowest BCUT2D eigenvalue weighted by molar-refractivity contribution is -0.118. The molecule has 1 N–H and O–H groups in total. The summed E-state index contributed by atoms with van der Waals surface area (Å²) in [7, 11) is 1.77. The highest BCUT2D eigenvalue weighted by molar-refractivity contribution is 5.72. The van der Waals surface area contributed by atoms with Crippen LogP contribution < -0.4 is 5.32 Å². The first-order chi connectivity index (χ1) is 5.27. The van der Waals surface area contributed by atoms with Gasteiger partial charge in [-0.05, 0) is 25.5 Å². The number of rotatable bonds is 5. The van der Waals surface area contributed by atoms with Crippen molar-refractivity contribution in [1.82, 2.24) is 5.32 Å². The molecular formula is C8H16N2O. The molecule has 0 aromatic carbocycles. The van der Waals surface area contributed by atoms with E-state index in [0.29, 0.717) is 0 Å². The second-order valence-electron chi connectivity index (χ2n) is 2.42. The molecule has 0 rings (SSSR count). The van der Waals surface area contributed by atoms with Gasteiger partial charge in [0.15, 0.2) is 0 Å². The number of aliphatic imine (C=N–C) groups is 1. The van der Waals surface area contributed by atoms with Gasteiger partial charge >= 0.3 is 0 Å². The Morgan fingerprint density at radius 2 is 2.27 bits per heavy atom. The highest BCUT2D eigenvalue weighted by Gasteiger charge is 1.89. The van der Waals surface area contributed by atoms with Crippen LogP contribution in [0.3, 0.4) is 0 Å². The number of carbonyl (C=O) groups excluding carboxylic acids is 1. The Labute approximate surface area is 67.9 Å². The summed E-state index contributed by atoms with van der Waals surface area (Å²) in [6.07, 6.45) is 5.03. The van der Waals surface area contributed by atoms with E-state index in [2.05, 4.69) is 10.3 Å². The van der Waals surface area contributed by atoms with E-state index in [1.165, 1.54) is 6.92 Å². The molecule has 0 aliphatic carbocycles. The normalized spacial score (nSPS) is 10.4. The van der Waals surface area contributed by atoms with E-state index in [9.17, 15) is 4.79 Å². The lowest BCUT2D eigenvalue weighted by Gasteiger charge is -1.98. The minimum absolute atomic E-state index is 0.0501. The monoisotopic (exact) mass is 158 g/mol. The van der Waals surface area contributed by atoms with Crippen molar-refractivity contribution >= 4 is 12.1 Å². The summed E-state index contributed by atoms with van der Waals surface area (Å²) in [6.45, 7) is 2.32. The fraction of sp³-hybridized carbons (Fsp3) is 0.750. The third kappa shape index (κ3) is 9.14. The number of nitrogens with one attached hydrogen (secondary N) is 1. The molecule has 0 saturated heterocycles. The zero-order valence-corrected chi connectivity index (χ0v) is 7.26. The van der Waals surface area contributed by atoms with Crippen LogP contribution in [0.1, 0.15) is 26.2 Å². The largest absolute Gasteiger partial charge is 0.356 e. The third-order valence-corrected chi connectivity index (χ3v) is 1.32. The van der Waals surface area contributed by atoms with Gasteiger partial charge in [0.2, 0.25) is 5.91 Å². The molecule has 0 heterocycles. The van der Waals surface area contributed by atoms with E-state index < -0.39 is 0 Å². The Hall–Kier alpha value is -0.860. The summed E-state index contributed by atoms with van der Waals surface area (Å²) in [6, 6.07) is 0. The number of nitrogens with zero attached hydrogens (tertiary/aromatic N) is 1. The summed E-state index contributed by atoms with van der Waals surface area (Å²) in [5, 5.41) is 2.74. The van der Waals surface area contributed by atoms with Crippen LogP contribution in [0.15, 0.2) is 4.99 Å². The lowest BCUT2D eigenvalue weighted by atomic mass is 10.2. The number of carbonyl (C=O) groups is 1. The van der Waals surface area contributed by atoms with Crippen molar-refractivity contribution in [3.8, 4) is 0 Å². The quantitative estimate of drug-likeness (QED) is 0.276. The van der Waals surface area contributed by atoms with Crippen molar-refractivity contribution in [2.45, 2.75) is 26.2 Å². The fourth-order valence-corrected chi connectivity index (χ4v) is 0.754. The van der Waals surface area contributed by atoms with E-state index in [4.69, 9.17) is 0 Å². The van der Waals surface area contributed by atoms with Crippen molar-refractivity contribution in [2.75, 3.05) is 13.6 Å². The first kappa shape index (κ1) is 10.1. The topological polar surface area (TPSA) is 41.5 Å². The van der Waals surface area contributed by atoms with Gasteiger partial charge in [-0.15, -0.1) is 0 Å². The van der Waals surface area contributed by atoms with Gasteiger partial charge in [0, 0.05) is 20.5 Å². The molecular weight excluding hydrogens is 142 g/mol. The Kier molecular flexibility index (Phi) is 6.68. The standard InChI is InChI=1S/C8H16N2O/c1-8(11)10-7-5-3-4-6-9-2/h6H,3-5,7H2,1-2H3,(H,10,11)/i2+1,10+1. The molecule has 64 valence electrons. The molecule has 1 amide bonds. The Morgan fingerprint density at radius 3 is 2.82 bits per heavy atom. The highest BCUT2D eigenvalue weighted by atomic mass is 16.2. The molecule has 0 atom stereocenters. The van der Waals surface area contributed by atoms with Crippen molar-refractivity contribution in [3.05, 3.63) is 0 Å². The minimum Gasteiger partial charge on any atom is -0.356 e. The molecule has 0 saturated carbocycles. The van der Waals surface area contributed by atoms with Gasteiger partial charge in [-0.3, -0.25) is 4.79 Å². The van der Waals surface area contributed by atoms with Gasteiger partial charge in [-0.1, -0.05) is 0 Å². The first-order valence-electron chi connectivity index (χ1n) is 3.92. The van der Waals surface area contributed by atoms with Crippen LogP contribution in [0, 0.1) is 0 Å². The second-order valence-corrected chi connectivity index (χ2v) is 2.42. The first-order valence-corrected chi connectivity index (χ1v) is 3.92. The van der Waals surface area contributed by atoms with Crippen LogP contribution >= 0.6 is 0 Å². The molecule has 0 unspecified atom stereocenters. The molecule has 3 nitrogen and oxygen atoms in total. The summed E-state index contributed by atoms with van der Waals surface area (Å²) in [4.78, 5) is 14.3. The smallest absolute Gasteiger partial charge is 0.216 e. The van der Waals surface area contributed by atoms with Crippen molar-refractivity contribution < 1.29 is 4.79 Å². The van der Waals surface area contributed by atoms with Crippen LogP contribution in [0.2, 0.25) is 0 Å².